The van der Waals surface area contributed by atoms with Crippen LogP contribution < -0.4 is 14.8 Å². The summed E-state index contributed by atoms with van der Waals surface area (Å²) in [5, 5.41) is 10.2. The summed E-state index contributed by atoms with van der Waals surface area (Å²) in [6, 6.07) is 13.9. The van der Waals surface area contributed by atoms with E-state index in [4.69, 9.17) is 4.74 Å². The molecule has 0 atom stereocenters. The largest absolute Gasteiger partial charge is 0.490 e. The van der Waals surface area contributed by atoms with Gasteiger partial charge >= 0.3 is 0 Å². The number of nitrogens with one attached hydrogen (secondary N) is 2. The van der Waals surface area contributed by atoms with Crippen molar-refractivity contribution in [1.29, 1.82) is 0 Å². The Balaban J connectivity index is 1.40. The molecule has 31 heavy (non-hydrogen) atoms. The van der Waals surface area contributed by atoms with Crippen molar-refractivity contribution in [3.8, 4) is 5.75 Å². The third-order valence-electron chi connectivity index (χ3n) is 4.96. The molecule has 3 aromatic rings. The number of hydrogen-bond acceptors (Lipinski definition) is 7. The highest BCUT2D eigenvalue weighted by Gasteiger charge is 2.22. The average molecular weight is 459 g/mol. The Bertz CT molecular complexity index is 1170. The van der Waals surface area contributed by atoms with E-state index in [1.807, 2.05) is 19.1 Å². The molecule has 10 heteroatoms. The molecule has 1 amide bonds. The third kappa shape index (κ3) is 5.20. The summed E-state index contributed by atoms with van der Waals surface area (Å²) in [6.07, 6.45) is 4.69. The van der Waals surface area contributed by atoms with Crippen molar-refractivity contribution in [3.05, 3.63) is 59.7 Å². The quantitative estimate of drug-likeness (QED) is 0.513. The maximum absolute atomic E-state index is 12.6. The molecule has 1 heterocycles. The van der Waals surface area contributed by atoms with Gasteiger partial charge in [-0.2, -0.15) is 8.42 Å². The molecule has 0 aliphatic heterocycles. The lowest BCUT2D eigenvalue weighted by atomic mass is 10.1. The van der Waals surface area contributed by atoms with E-state index in [1.54, 1.807) is 36.4 Å². The van der Waals surface area contributed by atoms with E-state index in [0.717, 1.165) is 29.7 Å². The molecular formula is C21H22N4O4S2. The Labute approximate surface area is 184 Å². The molecule has 1 aliphatic carbocycles. The first-order valence-corrected chi connectivity index (χ1v) is 12.2. The number of benzene rings is 2. The Morgan fingerprint density at radius 1 is 1.06 bits per heavy atom. The molecule has 0 spiro atoms. The molecule has 8 nitrogen and oxygen atoms in total. The van der Waals surface area contributed by atoms with Gasteiger partial charge in [0, 0.05) is 11.3 Å². The summed E-state index contributed by atoms with van der Waals surface area (Å²) >= 11 is 0.783. The maximum Gasteiger partial charge on any atom is 0.291 e. The molecule has 0 saturated heterocycles. The van der Waals surface area contributed by atoms with Crippen LogP contribution in [0.5, 0.6) is 5.75 Å². The average Bonchev–Trinajstić information content (AvgIpc) is 3.42. The molecule has 1 aliphatic rings. The number of aromatic nitrogens is 2. The van der Waals surface area contributed by atoms with Crippen LogP contribution in [0.15, 0.2) is 52.9 Å². The van der Waals surface area contributed by atoms with Gasteiger partial charge in [-0.1, -0.05) is 29.5 Å². The lowest BCUT2D eigenvalue weighted by Gasteiger charge is -2.13. The second kappa shape index (κ2) is 9.03. The fraction of sp³-hybridized carbons (Fsp3) is 0.286. The van der Waals surface area contributed by atoms with Crippen molar-refractivity contribution in [1.82, 2.24) is 10.2 Å². The fourth-order valence-electron chi connectivity index (χ4n) is 3.36. The number of hydrogen-bond donors (Lipinski definition) is 2. The van der Waals surface area contributed by atoms with E-state index >= 15 is 0 Å². The van der Waals surface area contributed by atoms with E-state index in [0.29, 0.717) is 17.0 Å². The molecule has 0 unspecified atom stereocenters. The van der Waals surface area contributed by atoms with Crippen molar-refractivity contribution in [2.24, 2.45) is 0 Å². The van der Waals surface area contributed by atoms with Gasteiger partial charge in [0.15, 0.2) is 0 Å². The van der Waals surface area contributed by atoms with Crippen LogP contribution in [0.3, 0.4) is 0 Å². The number of carbonyl (C=O) groups excluding carboxylic acids is 1. The number of nitrogens with zero attached hydrogens (tertiary/aromatic N) is 2. The van der Waals surface area contributed by atoms with Crippen LogP contribution in [-0.4, -0.2) is 30.6 Å². The van der Waals surface area contributed by atoms with Gasteiger partial charge in [-0.25, -0.2) is 0 Å². The molecule has 0 radical (unpaired) electrons. The van der Waals surface area contributed by atoms with Gasteiger partial charge in [-0.3, -0.25) is 14.8 Å². The SMILES string of the molecule is Cc1ccccc1C(=O)Nc1nnc(S(=O)(=O)Nc2ccc(OC3CCCC3)cc2)s1. The van der Waals surface area contributed by atoms with Crippen molar-refractivity contribution in [2.75, 3.05) is 10.0 Å². The first-order chi connectivity index (χ1) is 14.9. The second-order valence-corrected chi connectivity index (χ2v) is 10.1. The monoisotopic (exact) mass is 458 g/mol. The summed E-state index contributed by atoms with van der Waals surface area (Å²) in [5.41, 5.74) is 1.68. The zero-order valence-corrected chi connectivity index (χ0v) is 18.5. The molecule has 2 N–H and O–H groups in total. The minimum atomic E-state index is -3.93. The summed E-state index contributed by atoms with van der Waals surface area (Å²) in [5.74, 6) is 0.343. The summed E-state index contributed by atoms with van der Waals surface area (Å²) < 4.78 is 33.4. The fourth-order valence-corrected chi connectivity index (χ4v) is 5.32. The van der Waals surface area contributed by atoms with Crippen LogP contribution in [0, 0.1) is 6.92 Å². The number of carbonyl (C=O) groups is 1. The van der Waals surface area contributed by atoms with E-state index in [-0.39, 0.29) is 21.5 Å². The van der Waals surface area contributed by atoms with Gasteiger partial charge in [0.25, 0.3) is 20.3 Å². The van der Waals surface area contributed by atoms with E-state index in [2.05, 4.69) is 20.2 Å². The van der Waals surface area contributed by atoms with Gasteiger partial charge < -0.3 is 4.74 Å². The van der Waals surface area contributed by atoms with Crippen molar-refractivity contribution in [2.45, 2.75) is 43.1 Å². The smallest absolute Gasteiger partial charge is 0.291 e. The number of amides is 1. The zero-order valence-electron chi connectivity index (χ0n) is 16.9. The molecular weight excluding hydrogens is 436 g/mol. The molecule has 1 fully saturated rings. The molecule has 162 valence electrons. The molecule has 1 aromatic heterocycles. The second-order valence-electron chi connectivity index (χ2n) is 7.30. The number of ether oxygens (including phenoxy) is 1. The minimum absolute atomic E-state index is 0.105. The van der Waals surface area contributed by atoms with Gasteiger partial charge in [-0.05, 0) is 68.5 Å². The van der Waals surface area contributed by atoms with Crippen LogP contribution in [0.1, 0.15) is 41.6 Å². The van der Waals surface area contributed by atoms with Gasteiger partial charge in [0.1, 0.15) is 5.75 Å². The first kappa shape index (κ1) is 21.3. The van der Waals surface area contributed by atoms with Gasteiger partial charge in [-0.15, -0.1) is 10.2 Å². The van der Waals surface area contributed by atoms with E-state index in [9.17, 15) is 13.2 Å². The van der Waals surface area contributed by atoms with Crippen molar-refractivity contribution >= 4 is 38.1 Å². The van der Waals surface area contributed by atoms with Gasteiger partial charge in [0.2, 0.25) is 5.13 Å². The molecule has 1 saturated carbocycles. The minimum Gasteiger partial charge on any atom is -0.490 e. The van der Waals surface area contributed by atoms with Crippen LogP contribution >= 0.6 is 11.3 Å². The third-order valence-corrected chi connectivity index (χ3v) is 7.55. The van der Waals surface area contributed by atoms with Crippen molar-refractivity contribution in [3.63, 3.8) is 0 Å². The van der Waals surface area contributed by atoms with Gasteiger partial charge in [0.05, 0.1) is 6.10 Å². The topological polar surface area (TPSA) is 110 Å². The highest BCUT2D eigenvalue weighted by atomic mass is 32.2. The van der Waals surface area contributed by atoms with Crippen molar-refractivity contribution < 1.29 is 17.9 Å². The lowest BCUT2D eigenvalue weighted by Crippen LogP contribution is -2.13. The molecule has 4 rings (SSSR count). The number of sulfonamides is 1. The summed E-state index contributed by atoms with van der Waals surface area (Å²) in [6.45, 7) is 1.82. The predicted octanol–water partition coefficient (Wildman–Crippen LogP) is 4.22. The highest BCUT2D eigenvalue weighted by molar-refractivity contribution is 7.94. The Morgan fingerprint density at radius 2 is 1.77 bits per heavy atom. The van der Waals surface area contributed by atoms with E-state index in [1.165, 1.54) is 12.8 Å². The highest BCUT2D eigenvalue weighted by Crippen LogP contribution is 2.27. The van der Waals surface area contributed by atoms with Crippen LogP contribution in [0.25, 0.3) is 0 Å². The zero-order chi connectivity index (χ0) is 21.8. The lowest BCUT2D eigenvalue weighted by molar-refractivity contribution is 0.102. The Hall–Kier alpha value is -2.98. The van der Waals surface area contributed by atoms with Crippen LogP contribution in [0.4, 0.5) is 10.8 Å². The number of anilines is 2. The van der Waals surface area contributed by atoms with Crippen LogP contribution in [0.2, 0.25) is 0 Å². The maximum atomic E-state index is 12.6. The Kier molecular flexibility index (Phi) is 6.19. The molecule has 0 bridgehead atoms. The number of rotatable bonds is 7. The number of aryl methyl sites for hydroxylation is 1. The van der Waals surface area contributed by atoms with E-state index < -0.39 is 10.0 Å². The first-order valence-electron chi connectivity index (χ1n) is 9.91. The predicted molar refractivity (Wildman–Crippen MR) is 119 cm³/mol. The summed E-state index contributed by atoms with van der Waals surface area (Å²) in [7, 11) is -3.93. The molecule has 2 aromatic carbocycles. The summed E-state index contributed by atoms with van der Waals surface area (Å²) in [4.78, 5) is 12.4. The van der Waals surface area contributed by atoms with Crippen LogP contribution in [-0.2, 0) is 10.0 Å². The standard InChI is InChI=1S/C21H22N4O4S2/c1-14-6-2-5-9-18(14)19(26)22-20-23-24-21(30-20)31(27,28)25-15-10-12-17(13-11-15)29-16-7-3-4-8-16/h2,5-6,9-13,16,25H,3-4,7-8H2,1H3,(H,22,23,26). The Morgan fingerprint density at radius 3 is 2.48 bits per heavy atom. The normalized spacial score (nSPS) is 14.4.